The molecular weight excluding hydrogens is 264 g/mol. The van der Waals surface area contributed by atoms with E-state index in [1.54, 1.807) is 7.05 Å². The monoisotopic (exact) mass is 286 g/mol. The van der Waals surface area contributed by atoms with Gasteiger partial charge in [-0.15, -0.1) is 0 Å². The van der Waals surface area contributed by atoms with Gasteiger partial charge in [0.2, 0.25) is 0 Å². The van der Waals surface area contributed by atoms with E-state index in [1.165, 1.54) is 11.3 Å². The highest BCUT2D eigenvalue weighted by molar-refractivity contribution is 7.18. The molecule has 0 aromatic carbocycles. The lowest BCUT2D eigenvalue weighted by atomic mass is 10.0. The van der Waals surface area contributed by atoms with Crippen molar-refractivity contribution in [2.75, 3.05) is 31.2 Å². The molecule has 6 nitrogen and oxygen atoms in total. The molecule has 0 aliphatic heterocycles. The van der Waals surface area contributed by atoms with Crippen LogP contribution < -0.4 is 16.4 Å². The van der Waals surface area contributed by atoms with Gasteiger partial charge in [-0.05, 0) is 18.8 Å². The maximum Gasteiger partial charge on any atom is 0.265 e. The van der Waals surface area contributed by atoms with Crippen molar-refractivity contribution in [1.82, 2.24) is 10.3 Å². The first-order valence-corrected chi connectivity index (χ1v) is 7.27. The molecular formula is C12H22N4O2S. The fourth-order valence-corrected chi connectivity index (χ4v) is 2.61. The molecule has 0 radical (unpaired) electrons. The predicted molar refractivity (Wildman–Crippen MR) is 78.5 cm³/mol. The third-order valence-electron chi connectivity index (χ3n) is 2.86. The number of hydrogen-bond acceptors (Lipinski definition) is 6. The summed E-state index contributed by atoms with van der Waals surface area (Å²) in [7, 11) is 1.73. The van der Waals surface area contributed by atoms with Gasteiger partial charge in [-0.3, -0.25) is 4.79 Å². The van der Waals surface area contributed by atoms with Crippen molar-refractivity contribution in [2.45, 2.75) is 26.2 Å². The summed E-state index contributed by atoms with van der Waals surface area (Å²) < 4.78 is 0. The summed E-state index contributed by atoms with van der Waals surface area (Å²) in [6.07, 6.45) is 2.72. The smallest absolute Gasteiger partial charge is 0.265 e. The molecule has 108 valence electrons. The molecule has 1 aromatic heterocycles. The topological polar surface area (TPSA) is 100 Å². The van der Waals surface area contributed by atoms with E-state index < -0.39 is 0 Å². The number of carbonyl (C=O) groups excluding carboxylic acids is 1. The van der Waals surface area contributed by atoms with Gasteiger partial charge in [0, 0.05) is 20.2 Å². The van der Waals surface area contributed by atoms with E-state index in [1.807, 2.05) is 0 Å². The maximum atomic E-state index is 12.0. The van der Waals surface area contributed by atoms with Crippen LogP contribution in [0.4, 0.5) is 10.9 Å². The third-order valence-corrected chi connectivity index (χ3v) is 3.95. The molecule has 1 unspecified atom stereocenters. The summed E-state index contributed by atoms with van der Waals surface area (Å²) in [6, 6.07) is 0. The summed E-state index contributed by atoms with van der Waals surface area (Å²) >= 11 is 1.24. The molecule has 0 aliphatic rings. The Kier molecular flexibility index (Phi) is 6.58. The number of nitrogens with zero attached hydrogens (tertiary/aromatic N) is 1. The maximum absolute atomic E-state index is 12.0. The second-order valence-electron chi connectivity index (χ2n) is 4.36. The van der Waals surface area contributed by atoms with Crippen LogP contribution in [-0.2, 0) is 0 Å². The molecule has 0 fully saturated rings. The first-order chi connectivity index (χ1) is 9.12. The third kappa shape index (κ3) is 4.68. The Morgan fingerprint density at radius 1 is 1.53 bits per heavy atom. The molecule has 0 bridgehead atoms. The Hall–Kier alpha value is -1.34. The minimum absolute atomic E-state index is 0.146. The molecule has 1 aromatic rings. The first kappa shape index (κ1) is 15.7. The van der Waals surface area contributed by atoms with Crippen LogP contribution in [0.25, 0.3) is 0 Å². The summed E-state index contributed by atoms with van der Waals surface area (Å²) in [4.78, 5) is 16.5. The standard InChI is InChI=1S/C12H22N4O2S/c1-3-4-8(5-6-17)7-15-11(18)9-10(13)16-12(14-2)19-9/h8,17H,3-7,13H2,1-2H3,(H,14,16)(H,15,18). The number of nitrogen functional groups attached to an aromatic ring is 1. The lowest BCUT2D eigenvalue weighted by molar-refractivity contribution is 0.0947. The van der Waals surface area contributed by atoms with E-state index in [-0.39, 0.29) is 18.3 Å². The van der Waals surface area contributed by atoms with Crippen LogP contribution in [0, 0.1) is 5.92 Å². The minimum atomic E-state index is -0.199. The van der Waals surface area contributed by atoms with Crippen LogP contribution in [0.2, 0.25) is 0 Å². The number of carbonyl (C=O) groups is 1. The molecule has 0 saturated heterocycles. The number of thiazole rings is 1. The van der Waals surface area contributed by atoms with E-state index in [4.69, 9.17) is 10.8 Å². The molecule has 0 aliphatic carbocycles. The second-order valence-corrected chi connectivity index (χ2v) is 5.36. The predicted octanol–water partition coefficient (Wildman–Crippen LogP) is 1.30. The van der Waals surface area contributed by atoms with E-state index in [2.05, 4.69) is 22.5 Å². The van der Waals surface area contributed by atoms with Gasteiger partial charge >= 0.3 is 0 Å². The van der Waals surface area contributed by atoms with Crippen LogP contribution in [-0.4, -0.2) is 36.2 Å². The quantitative estimate of drug-likeness (QED) is 0.577. The number of rotatable bonds is 8. The summed E-state index contributed by atoms with van der Waals surface area (Å²) in [5.41, 5.74) is 5.70. The Morgan fingerprint density at radius 3 is 2.79 bits per heavy atom. The van der Waals surface area contributed by atoms with Gasteiger partial charge in [-0.1, -0.05) is 24.7 Å². The zero-order valence-electron chi connectivity index (χ0n) is 11.4. The molecule has 19 heavy (non-hydrogen) atoms. The van der Waals surface area contributed by atoms with Crippen molar-refractivity contribution < 1.29 is 9.90 Å². The number of nitrogens with one attached hydrogen (secondary N) is 2. The van der Waals surface area contributed by atoms with Crippen molar-refractivity contribution in [3.05, 3.63) is 4.88 Å². The lowest BCUT2D eigenvalue weighted by Gasteiger charge is -2.15. The van der Waals surface area contributed by atoms with Gasteiger partial charge in [-0.25, -0.2) is 4.98 Å². The summed E-state index contributed by atoms with van der Waals surface area (Å²) in [6.45, 7) is 2.79. The van der Waals surface area contributed by atoms with Crippen molar-refractivity contribution >= 4 is 28.2 Å². The average molecular weight is 286 g/mol. The fraction of sp³-hybridized carbons (Fsp3) is 0.667. The summed E-state index contributed by atoms with van der Waals surface area (Å²) in [5, 5.41) is 15.3. The van der Waals surface area contributed by atoms with Crippen molar-refractivity contribution in [2.24, 2.45) is 5.92 Å². The molecule has 1 rings (SSSR count). The molecule has 0 spiro atoms. The van der Waals surface area contributed by atoms with E-state index in [0.717, 1.165) is 12.8 Å². The zero-order chi connectivity index (χ0) is 14.3. The van der Waals surface area contributed by atoms with Gasteiger partial charge < -0.3 is 21.5 Å². The Bertz CT molecular complexity index is 402. The Morgan fingerprint density at radius 2 is 2.26 bits per heavy atom. The van der Waals surface area contributed by atoms with Crippen molar-refractivity contribution in [1.29, 1.82) is 0 Å². The first-order valence-electron chi connectivity index (χ1n) is 6.45. The largest absolute Gasteiger partial charge is 0.396 e. The fourth-order valence-electron chi connectivity index (χ4n) is 1.86. The highest BCUT2D eigenvalue weighted by atomic mass is 32.1. The molecule has 7 heteroatoms. The molecule has 1 amide bonds. The number of hydrogen-bond donors (Lipinski definition) is 4. The minimum Gasteiger partial charge on any atom is -0.396 e. The van der Waals surface area contributed by atoms with Crippen molar-refractivity contribution in [3.8, 4) is 0 Å². The second kappa shape index (κ2) is 7.96. The Balaban J connectivity index is 2.55. The normalized spacial score (nSPS) is 12.2. The average Bonchev–Trinajstić information content (AvgIpc) is 2.77. The molecule has 1 atom stereocenters. The van der Waals surface area contributed by atoms with E-state index >= 15 is 0 Å². The van der Waals surface area contributed by atoms with Gasteiger partial charge in [0.15, 0.2) is 5.13 Å². The highest BCUT2D eigenvalue weighted by Gasteiger charge is 2.17. The summed E-state index contributed by atoms with van der Waals surface area (Å²) in [5.74, 6) is 0.355. The SMILES string of the molecule is CCCC(CCO)CNC(=O)c1sc(NC)nc1N. The van der Waals surface area contributed by atoms with Crippen LogP contribution in [0.3, 0.4) is 0 Å². The van der Waals surface area contributed by atoms with Crippen LogP contribution in [0.15, 0.2) is 0 Å². The van der Waals surface area contributed by atoms with Gasteiger partial charge in [-0.2, -0.15) is 0 Å². The number of anilines is 2. The number of aromatic nitrogens is 1. The lowest BCUT2D eigenvalue weighted by Crippen LogP contribution is -2.29. The number of aliphatic hydroxyl groups is 1. The van der Waals surface area contributed by atoms with Gasteiger partial charge in [0.1, 0.15) is 10.7 Å². The molecule has 5 N–H and O–H groups in total. The van der Waals surface area contributed by atoms with E-state index in [9.17, 15) is 4.79 Å². The number of amides is 1. The highest BCUT2D eigenvalue weighted by Crippen LogP contribution is 2.24. The molecule has 0 saturated carbocycles. The van der Waals surface area contributed by atoms with Crippen LogP contribution >= 0.6 is 11.3 Å². The van der Waals surface area contributed by atoms with Crippen LogP contribution in [0.5, 0.6) is 0 Å². The van der Waals surface area contributed by atoms with E-state index in [0.29, 0.717) is 28.9 Å². The van der Waals surface area contributed by atoms with Crippen LogP contribution in [0.1, 0.15) is 35.9 Å². The number of aliphatic hydroxyl groups excluding tert-OH is 1. The van der Waals surface area contributed by atoms with Crippen molar-refractivity contribution in [3.63, 3.8) is 0 Å². The van der Waals surface area contributed by atoms with Gasteiger partial charge in [0.05, 0.1) is 0 Å². The Labute approximate surface area is 117 Å². The van der Waals surface area contributed by atoms with Gasteiger partial charge in [0.25, 0.3) is 5.91 Å². The number of nitrogens with two attached hydrogens (primary N) is 1. The zero-order valence-corrected chi connectivity index (χ0v) is 12.2. The molecule has 1 heterocycles.